The first-order valence-corrected chi connectivity index (χ1v) is 5.00. The van der Waals surface area contributed by atoms with Crippen molar-refractivity contribution < 1.29 is 0 Å². The molecule has 13 heavy (non-hydrogen) atoms. The lowest BCUT2D eigenvalue weighted by Gasteiger charge is -2.16. The average molecular weight is 179 g/mol. The quantitative estimate of drug-likeness (QED) is 0.683. The molecule has 1 heterocycles. The molecule has 0 unspecified atom stereocenters. The van der Waals surface area contributed by atoms with Gasteiger partial charge in [0.15, 0.2) is 0 Å². The fourth-order valence-electron chi connectivity index (χ4n) is 1.80. The molecule has 2 rings (SSSR count). The van der Waals surface area contributed by atoms with Crippen LogP contribution in [0.25, 0.3) is 0 Å². The third-order valence-corrected chi connectivity index (χ3v) is 2.65. The minimum Gasteiger partial charge on any atom is -0.345 e. The second-order valence-electron chi connectivity index (χ2n) is 4.20. The highest BCUT2D eigenvalue weighted by Gasteiger charge is 2.19. The van der Waals surface area contributed by atoms with E-state index in [0.717, 1.165) is 25.1 Å². The van der Waals surface area contributed by atoms with Crippen LogP contribution in [-0.2, 0) is 12.8 Å². The summed E-state index contributed by atoms with van der Waals surface area (Å²) in [5.74, 6) is 1.60. The van der Waals surface area contributed by atoms with E-state index in [4.69, 9.17) is 5.73 Å². The van der Waals surface area contributed by atoms with Gasteiger partial charge in [-0.1, -0.05) is 13.8 Å². The third-order valence-electron chi connectivity index (χ3n) is 2.65. The van der Waals surface area contributed by atoms with E-state index in [2.05, 4.69) is 23.8 Å². The van der Waals surface area contributed by atoms with Crippen LogP contribution >= 0.6 is 0 Å². The second kappa shape index (κ2) is 3.14. The number of H-pyrrole nitrogens is 1. The van der Waals surface area contributed by atoms with Gasteiger partial charge in [-0.25, -0.2) is 4.98 Å². The molecule has 1 aromatic heterocycles. The van der Waals surface area contributed by atoms with E-state index in [9.17, 15) is 0 Å². The Hall–Kier alpha value is -0.830. The van der Waals surface area contributed by atoms with Crippen LogP contribution in [0.5, 0.6) is 0 Å². The molecule has 3 nitrogen and oxygen atoms in total. The van der Waals surface area contributed by atoms with E-state index >= 15 is 0 Å². The molecule has 0 saturated carbocycles. The molecular formula is C10H17N3. The van der Waals surface area contributed by atoms with Gasteiger partial charge in [0.2, 0.25) is 0 Å². The molecule has 0 bridgehead atoms. The molecule has 72 valence electrons. The van der Waals surface area contributed by atoms with Crippen molar-refractivity contribution >= 4 is 0 Å². The zero-order valence-corrected chi connectivity index (χ0v) is 8.30. The highest BCUT2D eigenvalue weighted by molar-refractivity contribution is 5.20. The molecule has 0 fully saturated rings. The summed E-state index contributed by atoms with van der Waals surface area (Å²) in [6, 6.07) is 0.327. The number of fused-ring (bicyclic) bond motifs is 1. The normalized spacial score (nSPS) is 22.0. The average Bonchev–Trinajstić information content (AvgIpc) is 2.46. The summed E-state index contributed by atoms with van der Waals surface area (Å²) in [6.07, 6.45) is 3.09. The summed E-state index contributed by atoms with van der Waals surface area (Å²) in [4.78, 5) is 7.95. The van der Waals surface area contributed by atoms with Gasteiger partial charge in [-0.05, 0) is 12.8 Å². The van der Waals surface area contributed by atoms with Crippen molar-refractivity contribution in [3.8, 4) is 0 Å². The molecule has 1 aliphatic rings. The van der Waals surface area contributed by atoms with E-state index in [0.29, 0.717) is 12.0 Å². The predicted molar refractivity (Wildman–Crippen MR) is 52.7 cm³/mol. The molecule has 0 saturated heterocycles. The van der Waals surface area contributed by atoms with Crippen molar-refractivity contribution in [2.75, 3.05) is 0 Å². The fraction of sp³-hybridized carbons (Fsp3) is 0.700. The van der Waals surface area contributed by atoms with E-state index in [1.165, 1.54) is 11.4 Å². The molecular weight excluding hydrogens is 162 g/mol. The number of aromatic nitrogens is 2. The Kier molecular flexibility index (Phi) is 2.12. The summed E-state index contributed by atoms with van der Waals surface area (Å²) in [5.41, 5.74) is 8.39. The van der Waals surface area contributed by atoms with Gasteiger partial charge >= 0.3 is 0 Å². The van der Waals surface area contributed by atoms with Crippen molar-refractivity contribution in [2.24, 2.45) is 5.73 Å². The zero-order valence-electron chi connectivity index (χ0n) is 8.30. The van der Waals surface area contributed by atoms with Gasteiger partial charge in [-0.2, -0.15) is 0 Å². The van der Waals surface area contributed by atoms with Crippen molar-refractivity contribution in [2.45, 2.75) is 45.1 Å². The Morgan fingerprint density at radius 1 is 1.54 bits per heavy atom. The van der Waals surface area contributed by atoms with Crippen molar-refractivity contribution in [1.82, 2.24) is 9.97 Å². The number of imidazole rings is 1. The zero-order chi connectivity index (χ0) is 9.42. The summed E-state index contributed by atoms with van der Waals surface area (Å²) in [6.45, 7) is 4.31. The standard InChI is InChI=1S/C10H17N3/c1-6(2)10-12-8-4-3-7(11)5-9(8)13-10/h6-7H,3-5,11H2,1-2H3,(H,12,13)/t7-/m0/s1. The Balaban J connectivity index is 2.28. The van der Waals surface area contributed by atoms with Crippen LogP contribution in [0.2, 0.25) is 0 Å². The van der Waals surface area contributed by atoms with E-state index < -0.39 is 0 Å². The predicted octanol–water partition coefficient (Wildman–Crippen LogP) is 1.35. The first kappa shape index (κ1) is 8.75. The molecule has 0 spiro atoms. The highest BCUT2D eigenvalue weighted by atomic mass is 15.0. The summed E-state index contributed by atoms with van der Waals surface area (Å²) in [7, 11) is 0. The van der Waals surface area contributed by atoms with Crippen LogP contribution in [0.3, 0.4) is 0 Å². The number of rotatable bonds is 1. The van der Waals surface area contributed by atoms with Gasteiger partial charge < -0.3 is 10.7 Å². The maximum atomic E-state index is 5.89. The van der Waals surface area contributed by atoms with Crippen LogP contribution in [0.4, 0.5) is 0 Å². The lowest BCUT2D eigenvalue weighted by atomic mass is 9.97. The van der Waals surface area contributed by atoms with Gasteiger partial charge in [0.1, 0.15) is 5.82 Å². The molecule has 1 atom stereocenters. The number of nitrogens with two attached hydrogens (primary N) is 1. The van der Waals surface area contributed by atoms with Crippen LogP contribution in [0.15, 0.2) is 0 Å². The van der Waals surface area contributed by atoms with Crippen molar-refractivity contribution in [1.29, 1.82) is 0 Å². The minimum atomic E-state index is 0.327. The van der Waals surface area contributed by atoms with Crippen molar-refractivity contribution in [3.63, 3.8) is 0 Å². The maximum absolute atomic E-state index is 5.89. The summed E-state index contributed by atoms with van der Waals surface area (Å²) in [5, 5.41) is 0. The number of hydrogen-bond donors (Lipinski definition) is 2. The Morgan fingerprint density at radius 3 is 3.00 bits per heavy atom. The van der Waals surface area contributed by atoms with Gasteiger partial charge in [0.25, 0.3) is 0 Å². The van der Waals surface area contributed by atoms with E-state index in [1.54, 1.807) is 0 Å². The maximum Gasteiger partial charge on any atom is 0.109 e. The van der Waals surface area contributed by atoms with Crippen LogP contribution < -0.4 is 5.73 Å². The smallest absolute Gasteiger partial charge is 0.109 e. The topological polar surface area (TPSA) is 54.7 Å². The first-order chi connectivity index (χ1) is 6.16. The Labute approximate surface area is 78.7 Å². The molecule has 0 radical (unpaired) electrons. The third kappa shape index (κ3) is 1.61. The number of aryl methyl sites for hydroxylation is 1. The fourth-order valence-corrected chi connectivity index (χ4v) is 1.80. The molecule has 0 aromatic carbocycles. The number of aromatic amines is 1. The minimum absolute atomic E-state index is 0.327. The first-order valence-electron chi connectivity index (χ1n) is 5.00. The SMILES string of the molecule is CC(C)c1nc2c([nH]1)C[C@@H](N)CC2. The molecule has 3 heteroatoms. The highest BCUT2D eigenvalue weighted by Crippen LogP contribution is 2.21. The Bertz CT molecular complexity index is 301. The number of nitrogens with zero attached hydrogens (tertiary/aromatic N) is 1. The monoisotopic (exact) mass is 179 g/mol. The van der Waals surface area contributed by atoms with Gasteiger partial charge in [0.05, 0.1) is 5.69 Å². The molecule has 0 amide bonds. The number of nitrogens with one attached hydrogen (secondary N) is 1. The van der Waals surface area contributed by atoms with Gasteiger partial charge in [0, 0.05) is 24.1 Å². The molecule has 1 aromatic rings. The van der Waals surface area contributed by atoms with E-state index in [1.807, 2.05) is 0 Å². The lowest BCUT2D eigenvalue weighted by molar-refractivity contribution is 0.565. The van der Waals surface area contributed by atoms with Crippen LogP contribution in [0.1, 0.15) is 43.4 Å². The summed E-state index contributed by atoms with van der Waals surface area (Å²) >= 11 is 0. The van der Waals surface area contributed by atoms with Crippen molar-refractivity contribution in [3.05, 3.63) is 17.2 Å². The molecule has 3 N–H and O–H groups in total. The molecule has 1 aliphatic carbocycles. The largest absolute Gasteiger partial charge is 0.345 e. The van der Waals surface area contributed by atoms with Gasteiger partial charge in [-0.3, -0.25) is 0 Å². The molecule has 0 aliphatic heterocycles. The summed E-state index contributed by atoms with van der Waals surface area (Å²) < 4.78 is 0. The van der Waals surface area contributed by atoms with Crippen LogP contribution in [0, 0.1) is 0 Å². The van der Waals surface area contributed by atoms with E-state index in [-0.39, 0.29) is 0 Å². The Morgan fingerprint density at radius 2 is 2.31 bits per heavy atom. The van der Waals surface area contributed by atoms with Gasteiger partial charge in [-0.15, -0.1) is 0 Å². The number of hydrogen-bond acceptors (Lipinski definition) is 2. The van der Waals surface area contributed by atoms with Crippen LogP contribution in [-0.4, -0.2) is 16.0 Å². The lowest BCUT2D eigenvalue weighted by Crippen LogP contribution is -2.27. The second-order valence-corrected chi connectivity index (χ2v) is 4.20.